The number of halogens is 2. The van der Waals surface area contributed by atoms with Crippen LogP contribution in [0, 0.1) is 9.39 Å². The third kappa shape index (κ3) is 3.96. The summed E-state index contributed by atoms with van der Waals surface area (Å²) in [6.45, 7) is 0. The van der Waals surface area contributed by atoms with Crippen LogP contribution in [0.1, 0.15) is 10.4 Å². The van der Waals surface area contributed by atoms with Crippen LogP contribution in [0.15, 0.2) is 52.7 Å². The van der Waals surface area contributed by atoms with Crippen LogP contribution in [0.25, 0.3) is 11.3 Å². The first-order chi connectivity index (χ1) is 11.6. The summed E-state index contributed by atoms with van der Waals surface area (Å²) in [5.41, 5.74) is 2.25. The third-order valence-electron chi connectivity index (χ3n) is 3.29. The topological polar surface area (TPSA) is 42.0 Å². The summed E-state index contributed by atoms with van der Waals surface area (Å²) in [5.74, 6) is -0.654. The normalized spacial score (nSPS) is 10.6. The number of rotatable bonds is 4. The molecule has 0 atom stereocenters. The fourth-order valence-corrected chi connectivity index (χ4v) is 3.91. The highest BCUT2D eigenvalue weighted by Gasteiger charge is 2.13. The molecule has 1 aromatic heterocycles. The molecule has 0 saturated heterocycles. The lowest BCUT2D eigenvalue weighted by atomic mass is 10.2. The molecule has 1 N–H and O–H groups in total. The standard InChI is InChI=1S/C17H12FIN2OS2/c1-23-12-5-2-10(3-6-12)15-9-24-17(20-15)21-16(22)13-7-4-11(18)8-14(13)19/h2-9H,1H3,(H,20,21,22). The molecule has 0 spiro atoms. The Morgan fingerprint density at radius 2 is 2.00 bits per heavy atom. The highest BCUT2D eigenvalue weighted by molar-refractivity contribution is 14.1. The average Bonchev–Trinajstić information content (AvgIpc) is 3.03. The monoisotopic (exact) mass is 470 g/mol. The van der Waals surface area contributed by atoms with E-state index in [2.05, 4.69) is 10.3 Å². The van der Waals surface area contributed by atoms with Crippen LogP contribution in [0.4, 0.5) is 9.52 Å². The third-order valence-corrected chi connectivity index (χ3v) is 5.68. The lowest BCUT2D eigenvalue weighted by Crippen LogP contribution is -2.13. The zero-order chi connectivity index (χ0) is 17.1. The molecule has 0 aliphatic heterocycles. The van der Waals surface area contributed by atoms with Crippen LogP contribution in [0.2, 0.25) is 0 Å². The first-order valence-corrected chi connectivity index (χ1v) is 10.1. The first-order valence-electron chi connectivity index (χ1n) is 6.93. The van der Waals surface area contributed by atoms with Gasteiger partial charge < -0.3 is 0 Å². The maximum atomic E-state index is 13.1. The second-order valence-electron chi connectivity index (χ2n) is 4.84. The van der Waals surface area contributed by atoms with E-state index in [1.54, 1.807) is 11.8 Å². The minimum absolute atomic E-state index is 0.293. The molecule has 0 bridgehead atoms. The van der Waals surface area contributed by atoms with E-state index in [4.69, 9.17) is 0 Å². The molecule has 0 radical (unpaired) electrons. The van der Waals surface area contributed by atoms with E-state index in [1.807, 2.05) is 58.5 Å². The summed E-state index contributed by atoms with van der Waals surface area (Å²) in [6.07, 6.45) is 2.03. The number of hydrogen-bond acceptors (Lipinski definition) is 4. The van der Waals surface area contributed by atoms with Gasteiger partial charge in [-0.15, -0.1) is 23.1 Å². The fraction of sp³-hybridized carbons (Fsp3) is 0.0588. The predicted molar refractivity (Wildman–Crippen MR) is 106 cm³/mol. The van der Waals surface area contributed by atoms with Crippen molar-refractivity contribution in [2.45, 2.75) is 4.90 Å². The van der Waals surface area contributed by atoms with Gasteiger partial charge in [0.15, 0.2) is 5.13 Å². The Bertz CT molecular complexity index is 881. The number of carbonyl (C=O) groups excluding carboxylic acids is 1. The van der Waals surface area contributed by atoms with Crippen molar-refractivity contribution in [3.8, 4) is 11.3 Å². The van der Waals surface area contributed by atoms with E-state index in [0.29, 0.717) is 14.3 Å². The van der Waals surface area contributed by atoms with Crippen molar-refractivity contribution in [1.82, 2.24) is 4.98 Å². The van der Waals surface area contributed by atoms with E-state index < -0.39 is 0 Å². The molecular weight excluding hydrogens is 458 g/mol. The largest absolute Gasteiger partial charge is 0.298 e. The summed E-state index contributed by atoms with van der Waals surface area (Å²) in [4.78, 5) is 17.9. The second kappa shape index (κ2) is 7.62. The maximum absolute atomic E-state index is 13.1. The van der Waals surface area contributed by atoms with Crippen molar-refractivity contribution in [2.24, 2.45) is 0 Å². The van der Waals surface area contributed by atoms with Crippen LogP contribution in [0.3, 0.4) is 0 Å². The van der Waals surface area contributed by atoms with Gasteiger partial charge in [0.05, 0.1) is 11.3 Å². The van der Waals surface area contributed by atoms with E-state index >= 15 is 0 Å². The lowest BCUT2D eigenvalue weighted by Gasteiger charge is -2.04. The SMILES string of the molecule is CSc1ccc(-c2csc(NC(=O)c3ccc(F)cc3I)n2)cc1. The van der Waals surface area contributed by atoms with Crippen LogP contribution in [-0.2, 0) is 0 Å². The second-order valence-corrected chi connectivity index (χ2v) is 7.74. The zero-order valence-electron chi connectivity index (χ0n) is 12.5. The molecular formula is C17H12FIN2OS2. The van der Waals surface area contributed by atoms with Gasteiger partial charge in [-0.05, 0) is 59.2 Å². The molecule has 3 aromatic rings. The number of thioether (sulfide) groups is 1. The van der Waals surface area contributed by atoms with Crippen molar-refractivity contribution >= 4 is 56.7 Å². The minimum Gasteiger partial charge on any atom is -0.298 e. The summed E-state index contributed by atoms with van der Waals surface area (Å²) >= 11 is 4.99. The Morgan fingerprint density at radius 3 is 2.67 bits per heavy atom. The number of carbonyl (C=O) groups is 1. The number of aromatic nitrogens is 1. The number of nitrogens with one attached hydrogen (secondary N) is 1. The number of anilines is 1. The van der Waals surface area contributed by atoms with Gasteiger partial charge in [0.2, 0.25) is 0 Å². The summed E-state index contributed by atoms with van der Waals surface area (Å²) in [7, 11) is 0. The molecule has 0 fully saturated rings. The lowest BCUT2D eigenvalue weighted by molar-refractivity contribution is 0.102. The van der Waals surface area contributed by atoms with Crippen molar-refractivity contribution in [1.29, 1.82) is 0 Å². The molecule has 0 aliphatic rings. The molecule has 1 amide bonds. The van der Waals surface area contributed by atoms with Gasteiger partial charge in [-0.25, -0.2) is 9.37 Å². The van der Waals surface area contributed by atoms with Crippen molar-refractivity contribution in [3.05, 3.63) is 62.8 Å². The Labute approximate surface area is 160 Å². The number of thiazole rings is 1. The van der Waals surface area contributed by atoms with E-state index in [1.165, 1.54) is 34.4 Å². The summed E-state index contributed by atoms with van der Waals surface area (Å²) < 4.78 is 13.7. The molecule has 0 aliphatic carbocycles. The van der Waals surface area contributed by atoms with E-state index in [0.717, 1.165) is 11.3 Å². The highest BCUT2D eigenvalue weighted by Crippen LogP contribution is 2.27. The summed E-state index contributed by atoms with van der Waals surface area (Å²) in [5, 5.41) is 5.19. The first kappa shape index (κ1) is 17.4. The molecule has 122 valence electrons. The Balaban J connectivity index is 1.76. The quantitative estimate of drug-likeness (QED) is 0.403. The van der Waals surface area contributed by atoms with Gasteiger partial charge in [-0.1, -0.05) is 12.1 Å². The fourth-order valence-electron chi connectivity index (χ4n) is 2.06. The van der Waals surface area contributed by atoms with Gasteiger partial charge in [-0.2, -0.15) is 0 Å². The minimum atomic E-state index is -0.360. The Kier molecular flexibility index (Phi) is 5.52. The Morgan fingerprint density at radius 1 is 1.25 bits per heavy atom. The number of benzene rings is 2. The maximum Gasteiger partial charge on any atom is 0.258 e. The van der Waals surface area contributed by atoms with Gasteiger partial charge >= 0.3 is 0 Å². The van der Waals surface area contributed by atoms with Crippen LogP contribution < -0.4 is 5.32 Å². The van der Waals surface area contributed by atoms with Gasteiger partial charge in [0, 0.05) is 19.4 Å². The van der Waals surface area contributed by atoms with Crippen molar-refractivity contribution in [2.75, 3.05) is 11.6 Å². The van der Waals surface area contributed by atoms with E-state index in [-0.39, 0.29) is 11.7 Å². The molecule has 2 aromatic carbocycles. The number of hydrogen-bond donors (Lipinski definition) is 1. The predicted octanol–water partition coefficient (Wildman–Crippen LogP) is 5.53. The molecule has 24 heavy (non-hydrogen) atoms. The molecule has 7 heteroatoms. The molecule has 0 unspecified atom stereocenters. The molecule has 3 nitrogen and oxygen atoms in total. The zero-order valence-corrected chi connectivity index (χ0v) is 16.3. The Hall–Kier alpha value is -1.45. The van der Waals surface area contributed by atoms with Gasteiger partial charge in [0.1, 0.15) is 5.82 Å². The van der Waals surface area contributed by atoms with Crippen molar-refractivity contribution in [3.63, 3.8) is 0 Å². The number of amides is 1. The van der Waals surface area contributed by atoms with Gasteiger partial charge in [-0.3, -0.25) is 10.1 Å². The molecule has 1 heterocycles. The average molecular weight is 470 g/mol. The van der Waals surface area contributed by atoms with Crippen LogP contribution in [-0.4, -0.2) is 17.1 Å². The smallest absolute Gasteiger partial charge is 0.258 e. The van der Waals surface area contributed by atoms with Crippen LogP contribution in [0.5, 0.6) is 0 Å². The van der Waals surface area contributed by atoms with Gasteiger partial charge in [0.25, 0.3) is 5.91 Å². The van der Waals surface area contributed by atoms with Crippen molar-refractivity contribution < 1.29 is 9.18 Å². The van der Waals surface area contributed by atoms with E-state index in [9.17, 15) is 9.18 Å². The number of nitrogens with zero attached hydrogens (tertiary/aromatic N) is 1. The highest BCUT2D eigenvalue weighted by atomic mass is 127. The molecule has 3 rings (SSSR count). The summed E-state index contributed by atoms with van der Waals surface area (Å²) in [6, 6.07) is 12.2. The molecule has 0 saturated carbocycles. The van der Waals surface area contributed by atoms with Crippen LogP contribution >= 0.6 is 45.7 Å².